The molecule has 68 valence electrons. The maximum absolute atomic E-state index is 10.8. The Labute approximate surface area is 72.4 Å². The highest BCUT2D eigenvalue weighted by Crippen LogP contribution is 2.32. The van der Waals surface area contributed by atoms with Crippen LogP contribution in [0, 0.1) is 5.41 Å². The number of rotatable bonds is 3. The molecule has 0 N–H and O–H groups in total. The molecule has 0 aromatic carbocycles. The first-order valence-corrected chi connectivity index (χ1v) is 3.99. The maximum Gasteiger partial charge on any atom is 0.330 e. The molecule has 3 nitrogen and oxygen atoms in total. The highest BCUT2D eigenvalue weighted by molar-refractivity contribution is 5.81. The second-order valence-corrected chi connectivity index (χ2v) is 3.43. The average molecular weight is 170 g/mol. The number of hydrogen-bond acceptors (Lipinski definition) is 3. The lowest BCUT2D eigenvalue weighted by molar-refractivity contribution is -0.181. The van der Waals surface area contributed by atoms with E-state index in [0.717, 1.165) is 0 Å². The zero-order chi connectivity index (χ0) is 9.19. The first-order chi connectivity index (χ1) is 5.58. The first-order valence-electron chi connectivity index (χ1n) is 3.99. The van der Waals surface area contributed by atoms with Gasteiger partial charge in [-0.1, -0.05) is 13.5 Å². The lowest BCUT2D eigenvalue weighted by Crippen LogP contribution is -2.49. The van der Waals surface area contributed by atoms with Crippen molar-refractivity contribution in [3.05, 3.63) is 12.7 Å². The molecule has 0 saturated carbocycles. The Morgan fingerprint density at radius 1 is 1.75 bits per heavy atom. The van der Waals surface area contributed by atoms with E-state index in [4.69, 9.17) is 9.47 Å². The van der Waals surface area contributed by atoms with E-state index in [0.29, 0.717) is 13.2 Å². The summed E-state index contributed by atoms with van der Waals surface area (Å²) in [5.41, 5.74) is -0.00132. The van der Waals surface area contributed by atoms with Crippen molar-refractivity contribution in [2.24, 2.45) is 5.41 Å². The standard InChI is InChI=1S/C9H14O3/c1-4-8(10)12-7(2)9(3)5-11-6-9/h4,7H,1,5-6H2,2-3H3. The van der Waals surface area contributed by atoms with Crippen molar-refractivity contribution in [1.82, 2.24) is 0 Å². The molecule has 0 aliphatic carbocycles. The van der Waals surface area contributed by atoms with Crippen LogP contribution >= 0.6 is 0 Å². The minimum absolute atomic E-state index is 0.00132. The van der Waals surface area contributed by atoms with Gasteiger partial charge in [0.05, 0.1) is 18.6 Å². The molecular weight excluding hydrogens is 156 g/mol. The Morgan fingerprint density at radius 3 is 2.67 bits per heavy atom. The third-order valence-corrected chi connectivity index (χ3v) is 2.30. The summed E-state index contributed by atoms with van der Waals surface area (Å²) in [4.78, 5) is 10.8. The Bertz CT molecular complexity index is 194. The van der Waals surface area contributed by atoms with Crippen molar-refractivity contribution in [1.29, 1.82) is 0 Å². The average Bonchev–Trinajstić information content (AvgIpc) is 1.99. The van der Waals surface area contributed by atoms with E-state index in [-0.39, 0.29) is 17.5 Å². The molecule has 3 heteroatoms. The van der Waals surface area contributed by atoms with E-state index < -0.39 is 0 Å². The topological polar surface area (TPSA) is 35.5 Å². The molecule has 12 heavy (non-hydrogen) atoms. The molecule has 0 amide bonds. The summed E-state index contributed by atoms with van der Waals surface area (Å²) in [6.45, 7) is 8.58. The van der Waals surface area contributed by atoms with Gasteiger partial charge in [-0.25, -0.2) is 4.79 Å². The van der Waals surface area contributed by atoms with Crippen LogP contribution in [0.3, 0.4) is 0 Å². The smallest absolute Gasteiger partial charge is 0.330 e. The summed E-state index contributed by atoms with van der Waals surface area (Å²) in [7, 11) is 0. The van der Waals surface area contributed by atoms with Gasteiger partial charge in [0.2, 0.25) is 0 Å². The molecule has 0 radical (unpaired) electrons. The fraction of sp³-hybridized carbons (Fsp3) is 0.667. The van der Waals surface area contributed by atoms with Gasteiger partial charge >= 0.3 is 5.97 Å². The zero-order valence-electron chi connectivity index (χ0n) is 7.50. The molecule has 1 saturated heterocycles. The predicted octanol–water partition coefficient (Wildman–Crippen LogP) is 1.14. The normalized spacial score (nSPS) is 22.2. The molecule has 1 aliphatic heterocycles. The van der Waals surface area contributed by atoms with E-state index in [1.807, 2.05) is 13.8 Å². The van der Waals surface area contributed by atoms with Crippen molar-refractivity contribution in [2.75, 3.05) is 13.2 Å². The summed E-state index contributed by atoms with van der Waals surface area (Å²) in [5, 5.41) is 0. The third kappa shape index (κ3) is 1.67. The van der Waals surface area contributed by atoms with Gasteiger partial charge in [0.25, 0.3) is 0 Å². The third-order valence-electron chi connectivity index (χ3n) is 2.30. The van der Waals surface area contributed by atoms with Gasteiger partial charge in [0, 0.05) is 6.08 Å². The molecule has 1 aliphatic rings. The number of carbonyl (C=O) groups excluding carboxylic acids is 1. The molecule has 1 rings (SSSR count). The van der Waals surface area contributed by atoms with Crippen molar-refractivity contribution < 1.29 is 14.3 Å². The minimum atomic E-state index is -0.365. The second-order valence-electron chi connectivity index (χ2n) is 3.43. The maximum atomic E-state index is 10.8. The lowest BCUT2D eigenvalue weighted by atomic mass is 9.83. The highest BCUT2D eigenvalue weighted by Gasteiger charge is 2.40. The van der Waals surface area contributed by atoms with Crippen LogP contribution in [0.5, 0.6) is 0 Å². The molecular formula is C9H14O3. The van der Waals surface area contributed by atoms with Crippen LogP contribution in [0.4, 0.5) is 0 Å². The van der Waals surface area contributed by atoms with Gasteiger partial charge in [-0.05, 0) is 6.92 Å². The number of hydrogen-bond donors (Lipinski definition) is 0. The van der Waals surface area contributed by atoms with Crippen LogP contribution in [-0.2, 0) is 14.3 Å². The molecule has 0 aromatic heterocycles. The van der Waals surface area contributed by atoms with Crippen molar-refractivity contribution in [3.63, 3.8) is 0 Å². The lowest BCUT2D eigenvalue weighted by Gasteiger charge is -2.41. The van der Waals surface area contributed by atoms with Crippen molar-refractivity contribution in [3.8, 4) is 0 Å². The van der Waals surface area contributed by atoms with E-state index in [2.05, 4.69) is 6.58 Å². The van der Waals surface area contributed by atoms with Gasteiger partial charge in [-0.2, -0.15) is 0 Å². The minimum Gasteiger partial charge on any atom is -0.459 e. The number of ether oxygens (including phenoxy) is 2. The van der Waals surface area contributed by atoms with Crippen LogP contribution in [0.2, 0.25) is 0 Å². The monoisotopic (exact) mass is 170 g/mol. The fourth-order valence-corrected chi connectivity index (χ4v) is 1.02. The van der Waals surface area contributed by atoms with Crippen molar-refractivity contribution in [2.45, 2.75) is 20.0 Å². The number of carbonyl (C=O) groups is 1. The fourth-order valence-electron chi connectivity index (χ4n) is 1.02. The van der Waals surface area contributed by atoms with Crippen LogP contribution in [0.1, 0.15) is 13.8 Å². The molecule has 0 aromatic rings. The Kier molecular flexibility index (Phi) is 2.52. The van der Waals surface area contributed by atoms with Gasteiger partial charge in [0.1, 0.15) is 6.10 Å². The van der Waals surface area contributed by atoms with Gasteiger partial charge in [-0.3, -0.25) is 0 Å². The molecule has 0 spiro atoms. The SMILES string of the molecule is C=CC(=O)OC(C)C1(C)COC1. The summed E-state index contributed by atoms with van der Waals surface area (Å²) in [6, 6.07) is 0. The van der Waals surface area contributed by atoms with Gasteiger partial charge < -0.3 is 9.47 Å². The highest BCUT2D eigenvalue weighted by atomic mass is 16.6. The van der Waals surface area contributed by atoms with E-state index in [9.17, 15) is 4.79 Å². The van der Waals surface area contributed by atoms with Crippen molar-refractivity contribution >= 4 is 5.97 Å². The predicted molar refractivity (Wildman–Crippen MR) is 44.7 cm³/mol. The Balaban J connectivity index is 2.41. The van der Waals surface area contributed by atoms with Crippen LogP contribution in [0.15, 0.2) is 12.7 Å². The van der Waals surface area contributed by atoms with Crippen LogP contribution in [0.25, 0.3) is 0 Å². The van der Waals surface area contributed by atoms with Crippen LogP contribution < -0.4 is 0 Å². The molecule has 1 atom stereocenters. The van der Waals surface area contributed by atoms with E-state index in [1.54, 1.807) is 0 Å². The molecule has 1 heterocycles. The van der Waals surface area contributed by atoms with Crippen LogP contribution in [-0.4, -0.2) is 25.3 Å². The van der Waals surface area contributed by atoms with Gasteiger partial charge in [0.15, 0.2) is 0 Å². The molecule has 1 unspecified atom stereocenters. The summed E-state index contributed by atoms with van der Waals surface area (Å²) >= 11 is 0. The Morgan fingerprint density at radius 2 is 2.33 bits per heavy atom. The largest absolute Gasteiger partial charge is 0.459 e. The summed E-state index contributed by atoms with van der Waals surface area (Å²) in [6.07, 6.45) is 1.08. The number of esters is 1. The molecule has 0 bridgehead atoms. The second kappa shape index (κ2) is 3.27. The molecule has 1 fully saturated rings. The quantitative estimate of drug-likeness (QED) is 0.470. The first kappa shape index (κ1) is 9.26. The summed E-state index contributed by atoms with van der Waals surface area (Å²) < 4.78 is 10.1. The summed E-state index contributed by atoms with van der Waals surface area (Å²) in [5.74, 6) is -0.365. The van der Waals surface area contributed by atoms with E-state index >= 15 is 0 Å². The van der Waals surface area contributed by atoms with Gasteiger partial charge in [-0.15, -0.1) is 0 Å². The Hall–Kier alpha value is -0.830. The zero-order valence-corrected chi connectivity index (χ0v) is 7.50. The van der Waals surface area contributed by atoms with E-state index in [1.165, 1.54) is 6.08 Å².